The van der Waals surface area contributed by atoms with Crippen molar-refractivity contribution in [2.45, 2.75) is 13.0 Å². The van der Waals surface area contributed by atoms with Crippen molar-refractivity contribution >= 4 is 11.6 Å². The van der Waals surface area contributed by atoms with Crippen molar-refractivity contribution in [2.24, 2.45) is 17.4 Å². The molecule has 1 atom stereocenters. The lowest BCUT2D eigenvalue weighted by atomic mass is 9.99. The molecule has 0 aliphatic carbocycles. The number of anilines is 1. The van der Waals surface area contributed by atoms with E-state index < -0.39 is 0 Å². The van der Waals surface area contributed by atoms with E-state index in [1.54, 1.807) is 18.2 Å². The zero-order valence-electron chi connectivity index (χ0n) is 12.3. The lowest BCUT2D eigenvalue weighted by molar-refractivity contribution is -0.121. The van der Waals surface area contributed by atoms with Crippen molar-refractivity contribution in [3.8, 4) is 0 Å². The van der Waals surface area contributed by atoms with Crippen LogP contribution >= 0.6 is 0 Å². The van der Waals surface area contributed by atoms with Gasteiger partial charge in [-0.15, -0.1) is 0 Å². The standard InChI is InChI=1S/C17H20FN3O/c18-16-4-2-1-3-13(16)11-21-15-7-5-12(6-8-15)9-14(10-19)17(20)22/h1-8,14,21H,9-11,19H2,(H2,20,22). The lowest BCUT2D eigenvalue weighted by Crippen LogP contribution is -2.31. The second-order valence-corrected chi connectivity index (χ2v) is 5.18. The first-order chi connectivity index (χ1) is 10.6. The van der Waals surface area contributed by atoms with Gasteiger partial charge in [-0.2, -0.15) is 0 Å². The van der Waals surface area contributed by atoms with Crippen LogP contribution in [-0.2, 0) is 17.8 Å². The van der Waals surface area contributed by atoms with Gasteiger partial charge >= 0.3 is 0 Å². The van der Waals surface area contributed by atoms with E-state index in [9.17, 15) is 9.18 Å². The number of primary amides is 1. The molecule has 0 radical (unpaired) electrons. The SMILES string of the molecule is NCC(Cc1ccc(NCc2ccccc2F)cc1)C(N)=O. The third-order valence-corrected chi connectivity index (χ3v) is 3.56. The highest BCUT2D eigenvalue weighted by atomic mass is 19.1. The first-order valence-corrected chi connectivity index (χ1v) is 7.15. The van der Waals surface area contributed by atoms with Crippen molar-refractivity contribution in [3.05, 3.63) is 65.5 Å². The Kier molecular flexibility index (Phi) is 5.49. The monoisotopic (exact) mass is 301 g/mol. The minimum absolute atomic E-state index is 0.223. The highest BCUT2D eigenvalue weighted by Gasteiger charge is 2.13. The Labute approximate surface area is 129 Å². The first kappa shape index (κ1) is 16.0. The smallest absolute Gasteiger partial charge is 0.222 e. The second-order valence-electron chi connectivity index (χ2n) is 5.18. The van der Waals surface area contributed by atoms with Crippen LogP contribution in [0, 0.1) is 11.7 Å². The summed E-state index contributed by atoms with van der Waals surface area (Å²) in [6, 6.07) is 14.3. The number of hydrogen-bond acceptors (Lipinski definition) is 3. The molecule has 0 aromatic heterocycles. The Morgan fingerprint density at radius 3 is 2.41 bits per heavy atom. The summed E-state index contributed by atoms with van der Waals surface area (Å²) >= 11 is 0. The molecule has 5 heteroatoms. The Hall–Kier alpha value is -2.40. The molecule has 0 spiro atoms. The number of carbonyl (C=O) groups excluding carboxylic acids is 1. The normalized spacial score (nSPS) is 11.9. The van der Waals surface area contributed by atoms with Crippen LogP contribution in [0.25, 0.3) is 0 Å². The molecule has 1 unspecified atom stereocenters. The van der Waals surface area contributed by atoms with Crippen LogP contribution in [0.15, 0.2) is 48.5 Å². The Morgan fingerprint density at radius 1 is 1.14 bits per heavy atom. The highest BCUT2D eigenvalue weighted by Crippen LogP contribution is 2.15. The number of halogens is 1. The van der Waals surface area contributed by atoms with Crippen LogP contribution in [0.4, 0.5) is 10.1 Å². The van der Waals surface area contributed by atoms with Crippen molar-refractivity contribution in [1.82, 2.24) is 0 Å². The van der Waals surface area contributed by atoms with Gasteiger partial charge in [0, 0.05) is 24.3 Å². The van der Waals surface area contributed by atoms with Gasteiger partial charge in [0.25, 0.3) is 0 Å². The quantitative estimate of drug-likeness (QED) is 0.732. The fourth-order valence-electron chi connectivity index (χ4n) is 2.18. The van der Waals surface area contributed by atoms with E-state index in [-0.39, 0.29) is 24.2 Å². The maximum Gasteiger partial charge on any atom is 0.222 e. The zero-order chi connectivity index (χ0) is 15.9. The summed E-state index contributed by atoms with van der Waals surface area (Å²) in [5.74, 6) is -0.958. The number of benzene rings is 2. The Balaban J connectivity index is 1.94. The van der Waals surface area contributed by atoms with Crippen molar-refractivity contribution in [3.63, 3.8) is 0 Å². The molecule has 0 aliphatic heterocycles. The highest BCUT2D eigenvalue weighted by molar-refractivity contribution is 5.77. The predicted octanol–water partition coefficient (Wildman–Crippen LogP) is 2.04. The molecule has 116 valence electrons. The van der Waals surface area contributed by atoms with Gasteiger partial charge in [-0.3, -0.25) is 4.79 Å². The van der Waals surface area contributed by atoms with Crippen LogP contribution in [0.2, 0.25) is 0 Å². The average molecular weight is 301 g/mol. The molecule has 0 heterocycles. The fourth-order valence-corrected chi connectivity index (χ4v) is 2.18. The molecule has 0 saturated carbocycles. The van der Waals surface area contributed by atoms with Crippen LogP contribution < -0.4 is 16.8 Å². The Morgan fingerprint density at radius 2 is 1.82 bits per heavy atom. The molecule has 0 fully saturated rings. The molecular weight excluding hydrogens is 281 g/mol. The molecule has 4 nitrogen and oxygen atoms in total. The van der Waals surface area contributed by atoms with Crippen molar-refractivity contribution in [1.29, 1.82) is 0 Å². The van der Waals surface area contributed by atoms with E-state index in [0.717, 1.165) is 11.3 Å². The minimum atomic E-state index is -0.385. The summed E-state index contributed by atoms with van der Waals surface area (Å²) in [6.07, 6.45) is 0.527. The summed E-state index contributed by atoms with van der Waals surface area (Å²) in [5.41, 5.74) is 13.3. The van der Waals surface area contributed by atoms with Gasteiger partial charge in [0.1, 0.15) is 5.82 Å². The van der Waals surface area contributed by atoms with E-state index in [4.69, 9.17) is 11.5 Å². The van der Waals surface area contributed by atoms with E-state index in [2.05, 4.69) is 5.32 Å². The summed E-state index contributed by atoms with van der Waals surface area (Å²) in [5, 5.41) is 3.16. The maximum absolute atomic E-state index is 13.5. The molecule has 5 N–H and O–H groups in total. The van der Waals surface area contributed by atoms with E-state index in [0.29, 0.717) is 18.5 Å². The van der Waals surface area contributed by atoms with Crippen LogP contribution in [-0.4, -0.2) is 12.5 Å². The third-order valence-electron chi connectivity index (χ3n) is 3.56. The molecule has 0 bridgehead atoms. The molecule has 1 amide bonds. The summed E-state index contributed by atoms with van der Waals surface area (Å²) in [6.45, 7) is 0.654. The Bertz CT molecular complexity index is 628. The summed E-state index contributed by atoms with van der Waals surface area (Å²) < 4.78 is 13.5. The predicted molar refractivity (Wildman–Crippen MR) is 85.6 cm³/mol. The van der Waals surface area contributed by atoms with Crippen molar-refractivity contribution < 1.29 is 9.18 Å². The summed E-state index contributed by atoms with van der Waals surface area (Å²) in [7, 11) is 0. The topological polar surface area (TPSA) is 81.1 Å². The number of nitrogens with two attached hydrogens (primary N) is 2. The summed E-state index contributed by atoms with van der Waals surface area (Å²) in [4.78, 5) is 11.2. The molecule has 2 rings (SSSR count). The van der Waals surface area contributed by atoms with E-state index >= 15 is 0 Å². The van der Waals surface area contributed by atoms with E-state index in [1.165, 1.54) is 6.07 Å². The van der Waals surface area contributed by atoms with Gasteiger partial charge in [-0.1, -0.05) is 30.3 Å². The molecule has 2 aromatic carbocycles. The van der Waals surface area contributed by atoms with Gasteiger partial charge in [-0.05, 0) is 30.2 Å². The van der Waals surface area contributed by atoms with Gasteiger partial charge < -0.3 is 16.8 Å². The van der Waals surface area contributed by atoms with E-state index in [1.807, 2.05) is 24.3 Å². The number of amides is 1. The van der Waals surface area contributed by atoms with Crippen LogP contribution in [0.3, 0.4) is 0 Å². The van der Waals surface area contributed by atoms with Crippen LogP contribution in [0.1, 0.15) is 11.1 Å². The first-order valence-electron chi connectivity index (χ1n) is 7.15. The fraction of sp³-hybridized carbons (Fsp3) is 0.235. The zero-order valence-corrected chi connectivity index (χ0v) is 12.3. The second kappa shape index (κ2) is 7.56. The average Bonchev–Trinajstić information content (AvgIpc) is 2.52. The number of nitrogens with one attached hydrogen (secondary N) is 1. The third kappa shape index (κ3) is 4.30. The van der Waals surface area contributed by atoms with Crippen LogP contribution in [0.5, 0.6) is 0 Å². The van der Waals surface area contributed by atoms with Gasteiger partial charge in [0.15, 0.2) is 0 Å². The maximum atomic E-state index is 13.5. The largest absolute Gasteiger partial charge is 0.381 e. The van der Waals surface area contributed by atoms with Gasteiger partial charge in [0.2, 0.25) is 5.91 Å². The molecule has 2 aromatic rings. The number of rotatable bonds is 7. The van der Waals surface area contributed by atoms with Gasteiger partial charge in [-0.25, -0.2) is 4.39 Å². The van der Waals surface area contributed by atoms with Gasteiger partial charge in [0.05, 0.1) is 5.92 Å². The minimum Gasteiger partial charge on any atom is -0.381 e. The number of carbonyl (C=O) groups is 1. The van der Waals surface area contributed by atoms with Crippen molar-refractivity contribution in [2.75, 3.05) is 11.9 Å². The molecule has 22 heavy (non-hydrogen) atoms. The molecule has 0 aliphatic rings. The lowest BCUT2D eigenvalue weighted by Gasteiger charge is -2.12. The molecular formula is C17H20FN3O. The molecule has 0 saturated heterocycles. The number of hydrogen-bond donors (Lipinski definition) is 3.